The monoisotopic (exact) mass is 389 g/mol. The van der Waals surface area contributed by atoms with E-state index in [2.05, 4.69) is 17.2 Å². The molecule has 0 bridgehead atoms. The van der Waals surface area contributed by atoms with Gasteiger partial charge in [-0.1, -0.05) is 30.3 Å². The van der Waals surface area contributed by atoms with Crippen LogP contribution in [0.3, 0.4) is 0 Å². The Morgan fingerprint density at radius 2 is 1.90 bits per heavy atom. The molecule has 1 aromatic heterocycles. The summed E-state index contributed by atoms with van der Waals surface area (Å²) < 4.78 is 7.69. The van der Waals surface area contributed by atoms with E-state index in [1.54, 1.807) is 0 Å². The molecule has 29 heavy (non-hydrogen) atoms. The van der Waals surface area contributed by atoms with Crippen molar-refractivity contribution in [3.63, 3.8) is 0 Å². The van der Waals surface area contributed by atoms with Crippen LogP contribution in [0.5, 0.6) is 0 Å². The Kier molecular flexibility index (Phi) is 5.76. The summed E-state index contributed by atoms with van der Waals surface area (Å²) in [5, 5.41) is 4.52. The van der Waals surface area contributed by atoms with Crippen LogP contribution >= 0.6 is 0 Å². The number of hydrogen-bond acceptors (Lipinski definition) is 3. The molecule has 1 amide bonds. The van der Waals surface area contributed by atoms with Crippen LogP contribution in [0.4, 0.5) is 0 Å². The summed E-state index contributed by atoms with van der Waals surface area (Å²) in [6.07, 6.45) is 2.20. The van der Waals surface area contributed by atoms with E-state index in [4.69, 9.17) is 4.74 Å². The van der Waals surface area contributed by atoms with Crippen molar-refractivity contribution < 1.29 is 9.53 Å². The zero-order chi connectivity index (χ0) is 20.2. The lowest BCUT2D eigenvalue weighted by Gasteiger charge is -2.26. The van der Waals surface area contributed by atoms with Gasteiger partial charge in [-0.05, 0) is 62.6 Å². The van der Waals surface area contributed by atoms with Gasteiger partial charge in [0.1, 0.15) is 0 Å². The second-order valence-corrected chi connectivity index (χ2v) is 7.69. The topological polar surface area (TPSA) is 47.4 Å². The number of carbonyl (C=O) groups excluding carboxylic acids is 1. The summed E-state index contributed by atoms with van der Waals surface area (Å²) >= 11 is 0. The normalized spacial score (nSPS) is 16.1. The average molecular weight is 389 g/mol. The molecule has 5 heteroatoms. The smallest absolute Gasteiger partial charge is 0.254 e. The minimum Gasteiger partial charge on any atom is -0.376 e. The van der Waals surface area contributed by atoms with Crippen LogP contribution in [0.25, 0.3) is 5.69 Å². The quantitative estimate of drug-likeness (QED) is 0.631. The van der Waals surface area contributed by atoms with Crippen molar-refractivity contribution in [1.82, 2.24) is 14.7 Å². The Morgan fingerprint density at radius 3 is 2.52 bits per heavy atom. The van der Waals surface area contributed by atoms with Crippen molar-refractivity contribution >= 4 is 5.91 Å². The van der Waals surface area contributed by atoms with Crippen LogP contribution in [0.1, 0.15) is 40.2 Å². The minimum absolute atomic E-state index is 0.0317. The van der Waals surface area contributed by atoms with Gasteiger partial charge in [-0.15, -0.1) is 0 Å². The maximum atomic E-state index is 13.3. The predicted molar refractivity (Wildman–Crippen MR) is 113 cm³/mol. The van der Waals surface area contributed by atoms with Crippen molar-refractivity contribution in [2.75, 3.05) is 13.2 Å². The van der Waals surface area contributed by atoms with Gasteiger partial charge in [0.05, 0.1) is 17.5 Å². The van der Waals surface area contributed by atoms with Crippen molar-refractivity contribution in [1.29, 1.82) is 0 Å². The summed E-state index contributed by atoms with van der Waals surface area (Å²) in [5.41, 5.74) is 4.82. The molecular formula is C24H27N3O2. The molecule has 1 aliphatic heterocycles. The first-order chi connectivity index (χ1) is 14.1. The number of nitrogens with zero attached hydrogens (tertiary/aromatic N) is 3. The summed E-state index contributed by atoms with van der Waals surface area (Å²) in [6.45, 7) is 6.00. The maximum absolute atomic E-state index is 13.3. The lowest BCUT2D eigenvalue weighted by molar-refractivity contribution is 0.0507. The highest BCUT2D eigenvalue weighted by molar-refractivity contribution is 5.94. The summed E-state index contributed by atoms with van der Waals surface area (Å²) in [6, 6.07) is 19.9. The maximum Gasteiger partial charge on any atom is 0.254 e. The van der Waals surface area contributed by atoms with E-state index in [1.807, 2.05) is 72.0 Å². The number of rotatable bonds is 6. The molecule has 1 fully saturated rings. The van der Waals surface area contributed by atoms with Crippen LogP contribution < -0.4 is 0 Å². The van der Waals surface area contributed by atoms with E-state index < -0.39 is 0 Å². The number of benzene rings is 2. The molecule has 0 radical (unpaired) electrons. The molecule has 4 rings (SSSR count). The van der Waals surface area contributed by atoms with Gasteiger partial charge in [0.2, 0.25) is 0 Å². The number of aromatic nitrogens is 2. The second-order valence-electron chi connectivity index (χ2n) is 7.69. The fourth-order valence-electron chi connectivity index (χ4n) is 3.88. The molecule has 0 aliphatic carbocycles. The third kappa shape index (κ3) is 4.57. The van der Waals surface area contributed by atoms with Gasteiger partial charge in [-0.2, -0.15) is 5.10 Å². The highest BCUT2D eigenvalue weighted by atomic mass is 16.5. The Labute approximate surface area is 171 Å². The van der Waals surface area contributed by atoms with Gasteiger partial charge in [-0.3, -0.25) is 4.79 Å². The Bertz CT molecular complexity index is 958. The Hall–Kier alpha value is -2.92. The first-order valence-electron chi connectivity index (χ1n) is 10.2. The first kappa shape index (κ1) is 19.4. The van der Waals surface area contributed by atoms with Crippen LogP contribution in [-0.4, -0.2) is 39.8 Å². The molecule has 150 valence electrons. The molecule has 1 saturated heterocycles. The number of carbonyl (C=O) groups is 1. The third-order valence-electron chi connectivity index (χ3n) is 5.32. The van der Waals surface area contributed by atoms with E-state index in [1.165, 1.54) is 0 Å². The number of hydrogen-bond donors (Lipinski definition) is 0. The molecule has 1 atom stereocenters. The van der Waals surface area contributed by atoms with Crippen LogP contribution in [0.2, 0.25) is 0 Å². The van der Waals surface area contributed by atoms with Gasteiger partial charge >= 0.3 is 0 Å². The molecule has 0 N–H and O–H groups in total. The highest BCUT2D eigenvalue weighted by Crippen LogP contribution is 2.19. The van der Waals surface area contributed by atoms with Crippen LogP contribution in [0.15, 0.2) is 60.7 Å². The van der Waals surface area contributed by atoms with Crippen molar-refractivity contribution in [2.24, 2.45) is 0 Å². The van der Waals surface area contributed by atoms with Gasteiger partial charge in [0.25, 0.3) is 5.91 Å². The van der Waals surface area contributed by atoms with E-state index in [-0.39, 0.29) is 12.0 Å². The number of ether oxygens (including phenoxy) is 1. The van der Waals surface area contributed by atoms with E-state index in [0.717, 1.165) is 42.1 Å². The molecular weight excluding hydrogens is 362 g/mol. The molecule has 2 heterocycles. The van der Waals surface area contributed by atoms with Gasteiger partial charge in [0.15, 0.2) is 0 Å². The first-order valence-corrected chi connectivity index (χ1v) is 10.2. The molecule has 0 saturated carbocycles. The largest absolute Gasteiger partial charge is 0.376 e. The fraction of sp³-hybridized carbons (Fsp3) is 0.333. The summed E-state index contributed by atoms with van der Waals surface area (Å²) in [7, 11) is 0. The van der Waals surface area contributed by atoms with Crippen molar-refractivity contribution in [3.05, 3.63) is 83.2 Å². The molecule has 1 unspecified atom stereocenters. The fourth-order valence-corrected chi connectivity index (χ4v) is 3.88. The zero-order valence-corrected chi connectivity index (χ0v) is 17.0. The van der Waals surface area contributed by atoms with Gasteiger partial charge in [0, 0.05) is 31.0 Å². The average Bonchev–Trinajstić information content (AvgIpc) is 3.37. The van der Waals surface area contributed by atoms with E-state index in [0.29, 0.717) is 18.7 Å². The molecule has 2 aromatic carbocycles. The standard InChI is InChI=1S/C24H27N3O2/c1-18-15-19(2)27(25-18)22-12-10-21(11-13-22)24(28)26(17-23-9-6-14-29-23)16-20-7-4-3-5-8-20/h3-5,7-8,10-13,15,23H,6,9,14,16-17H2,1-2H3. The number of amides is 1. The van der Waals surface area contributed by atoms with Crippen molar-refractivity contribution in [3.8, 4) is 5.69 Å². The zero-order valence-electron chi connectivity index (χ0n) is 17.0. The number of aryl methyl sites for hydroxylation is 2. The predicted octanol–water partition coefficient (Wildman–Crippen LogP) is 4.31. The summed E-state index contributed by atoms with van der Waals surface area (Å²) in [5.74, 6) is 0.0317. The van der Waals surface area contributed by atoms with E-state index in [9.17, 15) is 4.79 Å². The molecule has 3 aromatic rings. The Morgan fingerprint density at radius 1 is 1.14 bits per heavy atom. The van der Waals surface area contributed by atoms with Crippen molar-refractivity contribution in [2.45, 2.75) is 39.3 Å². The second kappa shape index (κ2) is 8.62. The molecule has 5 nitrogen and oxygen atoms in total. The lowest BCUT2D eigenvalue weighted by atomic mass is 10.1. The Balaban J connectivity index is 1.55. The lowest BCUT2D eigenvalue weighted by Crippen LogP contribution is -2.37. The van der Waals surface area contributed by atoms with Gasteiger partial charge < -0.3 is 9.64 Å². The minimum atomic E-state index is 0.0317. The summed E-state index contributed by atoms with van der Waals surface area (Å²) in [4.78, 5) is 15.2. The highest BCUT2D eigenvalue weighted by Gasteiger charge is 2.23. The van der Waals surface area contributed by atoms with E-state index >= 15 is 0 Å². The molecule has 1 aliphatic rings. The molecule has 0 spiro atoms. The van der Waals surface area contributed by atoms with Gasteiger partial charge in [-0.25, -0.2) is 4.68 Å². The van der Waals surface area contributed by atoms with Crippen LogP contribution in [0, 0.1) is 13.8 Å². The third-order valence-corrected chi connectivity index (χ3v) is 5.32. The SMILES string of the molecule is Cc1cc(C)n(-c2ccc(C(=O)N(Cc3ccccc3)CC3CCCO3)cc2)n1. The van der Waals surface area contributed by atoms with Crippen LogP contribution in [-0.2, 0) is 11.3 Å².